The van der Waals surface area contributed by atoms with Gasteiger partial charge in [0.05, 0.1) is 11.4 Å². The van der Waals surface area contributed by atoms with E-state index < -0.39 is 0 Å². The number of rotatable bonds is 4. The predicted molar refractivity (Wildman–Crippen MR) is 84.2 cm³/mol. The number of hydrogen-bond acceptors (Lipinski definition) is 3. The van der Waals surface area contributed by atoms with Crippen LogP contribution in [0.3, 0.4) is 0 Å². The number of hydrogen-bond donors (Lipinski definition) is 0. The largest absolute Gasteiger partial charge is 0.277 e. The standard InChI is InChI=1S/C15H18ClN5/c1-4-11-13(9-20(3)19-11)21-14(5-6-16)18-12-7-10(2)8-17-15(12)21/h7-9H,4-6H2,1-3H3. The Morgan fingerprint density at radius 3 is 2.86 bits per heavy atom. The molecule has 3 rings (SSSR count). The number of halogens is 1. The molecule has 0 aliphatic rings. The molecule has 5 nitrogen and oxygen atoms in total. The van der Waals surface area contributed by atoms with Gasteiger partial charge < -0.3 is 0 Å². The highest BCUT2D eigenvalue weighted by Gasteiger charge is 2.17. The molecule has 3 aromatic heterocycles. The zero-order valence-electron chi connectivity index (χ0n) is 12.5. The van der Waals surface area contributed by atoms with Gasteiger partial charge in [-0.15, -0.1) is 11.6 Å². The fourth-order valence-electron chi connectivity index (χ4n) is 2.58. The van der Waals surface area contributed by atoms with Crippen molar-refractivity contribution in [2.45, 2.75) is 26.7 Å². The summed E-state index contributed by atoms with van der Waals surface area (Å²) in [5, 5.41) is 4.52. The molecule has 0 N–H and O–H groups in total. The van der Waals surface area contributed by atoms with E-state index in [1.165, 1.54) is 0 Å². The second-order valence-corrected chi connectivity index (χ2v) is 5.52. The molecule has 0 saturated heterocycles. The van der Waals surface area contributed by atoms with Crippen LogP contribution >= 0.6 is 11.6 Å². The van der Waals surface area contributed by atoms with Crippen molar-refractivity contribution < 1.29 is 0 Å². The van der Waals surface area contributed by atoms with Gasteiger partial charge in [-0.25, -0.2) is 9.97 Å². The minimum Gasteiger partial charge on any atom is -0.277 e. The summed E-state index contributed by atoms with van der Waals surface area (Å²) in [5.41, 5.74) is 4.95. The van der Waals surface area contributed by atoms with Gasteiger partial charge in [-0.3, -0.25) is 9.25 Å². The molecule has 3 aromatic rings. The quantitative estimate of drug-likeness (QED) is 0.696. The Labute approximate surface area is 128 Å². The van der Waals surface area contributed by atoms with Crippen LogP contribution in [-0.2, 0) is 19.9 Å². The van der Waals surface area contributed by atoms with Crippen LogP contribution in [0.15, 0.2) is 18.5 Å². The Morgan fingerprint density at radius 1 is 1.33 bits per heavy atom. The SMILES string of the molecule is CCc1nn(C)cc1-n1c(CCCl)nc2cc(C)cnc21. The van der Waals surface area contributed by atoms with Crippen LogP contribution in [0.1, 0.15) is 24.0 Å². The topological polar surface area (TPSA) is 48.5 Å². The normalized spacial score (nSPS) is 11.4. The molecule has 0 fully saturated rings. The molecule has 0 amide bonds. The molecular weight excluding hydrogens is 286 g/mol. The lowest BCUT2D eigenvalue weighted by Gasteiger charge is -2.07. The van der Waals surface area contributed by atoms with Crippen LogP contribution in [0.25, 0.3) is 16.9 Å². The van der Waals surface area contributed by atoms with Gasteiger partial charge in [0.1, 0.15) is 11.3 Å². The third-order valence-corrected chi connectivity index (χ3v) is 3.67. The first-order valence-electron chi connectivity index (χ1n) is 7.07. The zero-order chi connectivity index (χ0) is 15.0. The van der Waals surface area contributed by atoms with Gasteiger partial charge in [0, 0.05) is 31.7 Å². The highest BCUT2D eigenvalue weighted by atomic mass is 35.5. The second kappa shape index (κ2) is 5.48. The van der Waals surface area contributed by atoms with E-state index in [-0.39, 0.29) is 0 Å². The van der Waals surface area contributed by atoms with Gasteiger partial charge in [0.25, 0.3) is 0 Å². The fourth-order valence-corrected chi connectivity index (χ4v) is 2.75. The Morgan fingerprint density at radius 2 is 2.14 bits per heavy atom. The van der Waals surface area contributed by atoms with E-state index in [1.54, 1.807) is 0 Å². The summed E-state index contributed by atoms with van der Waals surface area (Å²) in [7, 11) is 1.93. The maximum absolute atomic E-state index is 5.94. The summed E-state index contributed by atoms with van der Waals surface area (Å²) in [6.45, 7) is 4.12. The lowest BCUT2D eigenvalue weighted by Crippen LogP contribution is -2.04. The van der Waals surface area contributed by atoms with Crippen molar-refractivity contribution in [3.05, 3.63) is 35.5 Å². The third-order valence-electron chi connectivity index (χ3n) is 3.48. The van der Waals surface area contributed by atoms with E-state index >= 15 is 0 Å². The number of aromatic nitrogens is 5. The number of pyridine rings is 1. The van der Waals surface area contributed by atoms with Crippen LogP contribution in [0.2, 0.25) is 0 Å². The van der Waals surface area contributed by atoms with Gasteiger partial charge in [-0.2, -0.15) is 5.10 Å². The third kappa shape index (κ3) is 2.42. The minimum atomic E-state index is 0.532. The van der Waals surface area contributed by atoms with Gasteiger partial charge in [0.2, 0.25) is 0 Å². The molecule has 3 heterocycles. The highest BCUT2D eigenvalue weighted by Crippen LogP contribution is 2.23. The molecule has 0 unspecified atom stereocenters. The Hall–Kier alpha value is -1.88. The van der Waals surface area contributed by atoms with Crippen molar-refractivity contribution in [1.29, 1.82) is 0 Å². The van der Waals surface area contributed by atoms with Crippen LogP contribution in [0.4, 0.5) is 0 Å². The van der Waals surface area contributed by atoms with Crippen LogP contribution in [0.5, 0.6) is 0 Å². The van der Waals surface area contributed by atoms with Gasteiger partial charge in [0.15, 0.2) is 5.65 Å². The zero-order valence-corrected chi connectivity index (χ0v) is 13.2. The first-order valence-corrected chi connectivity index (χ1v) is 7.60. The molecule has 6 heteroatoms. The van der Waals surface area contributed by atoms with Gasteiger partial charge in [-0.1, -0.05) is 6.92 Å². The molecule has 21 heavy (non-hydrogen) atoms. The molecule has 0 spiro atoms. The molecule has 0 radical (unpaired) electrons. The van der Waals surface area contributed by atoms with E-state index in [0.717, 1.165) is 40.4 Å². The Bertz CT molecular complexity index is 787. The van der Waals surface area contributed by atoms with Crippen LogP contribution in [-0.4, -0.2) is 30.2 Å². The average Bonchev–Trinajstić information content (AvgIpc) is 2.98. The van der Waals surface area contributed by atoms with E-state index in [4.69, 9.17) is 16.6 Å². The van der Waals surface area contributed by atoms with E-state index in [0.29, 0.717) is 12.3 Å². The lowest BCUT2D eigenvalue weighted by atomic mass is 10.3. The summed E-state index contributed by atoms with van der Waals surface area (Å²) < 4.78 is 3.92. The fraction of sp³-hybridized carbons (Fsp3) is 0.400. The number of fused-ring (bicyclic) bond motifs is 1. The molecule has 0 bridgehead atoms. The monoisotopic (exact) mass is 303 g/mol. The van der Waals surface area contributed by atoms with Crippen LogP contribution in [0, 0.1) is 6.92 Å². The first kappa shape index (κ1) is 14.1. The number of aryl methyl sites for hydroxylation is 4. The van der Waals surface area contributed by atoms with Crippen molar-refractivity contribution in [1.82, 2.24) is 24.3 Å². The molecule has 0 aromatic carbocycles. The lowest BCUT2D eigenvalue weighted by molar-refractivity contribution is 0.746. The molecule has 0 atom stereocenters. The van der Waals surface area contributed by atoms with Crippen molar-refractivity contribution in [3.8, 4) is 5.69 Å². The maximum atomic E-state index is 5.94. The van der Waals surface area contributed by atoms with E-state index in [1.807, 2.05) is 31.0 Å². The summed E-state index contributed by atoms with van der Waals surface area (Å²) in [6, 6.07) is 2.05. The Kier molecular flexibility index (Phi) is 3.68. The predicted octanol–water partition coefficient (Wildman–Crippen LogP) is 2.81. The van der Waals surface area contributed by atoms with Gasteiger partial charge >= 0.3 is 0 Å². The maximum Gasteiger partial charge on any atom is 0.164 e. The summed E-state index contributed by atoms with van der Waals surface area (Å²) in [4.78, 5) is 9.27. The number of nitrogens with zero attached hydrogens (tertiary/aromatic N) is 5. The van der Waals surface area contributed by atoms with Crippen molar-refractivity contribution in [3.63, 3.8) is 0 Å². The first-order chi connectivity index (χ1) is 10.1. The van der Waals surface area contributed by atoms with Gasteiger partial charge in [-0.05, 0) is 25.0 Å². The minimum absolute atomic E-state index is 0.532. The number of imidazole rings is 1. The second-order valence-electron chi connectivity index (χ2n) is 5.15. The molecule has 0 saturated carbocycles. The number of alkyl halides is 1. The molecule has 110 valence electrons. The van der Waals surface area contributed by atoms with Crippen LogP contribution < -0.4 is 0 Å². The Balaban J connectivity index is 2.30. The summed E-state index contributed by atoms with van der Waals surface area (Å²) in [6.07, 6.45) is 5.45. The van der Waals surface area contributed by atoms with Crippen molar-refractivity contribution in [2.75, 3.05) is 5.88 Å². The van der Waals surface area contributed by atoms with E-state index in [2.05, 4.69) is 27.6 Å². The molecular formula is C15H18ClN5. The van der Waals surface area contributed by atoms with Crippen molar-refractivity contribution in [2.24, 2.45) is 7.05 Å². The summed E-state index contributed by atoms with van der Waals surface area (Å²) >= 11 is 5.94. The smallest absolute Gasteiger partial charge is 0.164 e. The van der Waals surface area contributed by atoms with E-state index in [9.17, 15) is 0 Å². The average molecular weight is 304 g/mol. The summed E-state index contributed by atoms with van der Waals surface area (Å²) in [5.74, 6) is 1.46. The molecule has 0 aliphatic heterocycles. The highest BCUT2D eigenvalue weighted by molar-refractivity contribution is 6.17. The van der Waals surface area contributed by atoms with Crippen molar-refractivity contribution >= 4 is 22.8 Å². The molecule has 0 aliphatic carbocycles.